The van der Waals surface area contributed by atoms with Gasteiger partial charge in [0.2, 0.25) is 5.88 Å². The number of hydrogen-bond acceptors (Lipinski definition) is 5. The number of amides is 1. The molecule has 0 bridgehead atoms. The number of rotatable bonds is 3. The van der Waals surface area contributed by atoms with E-state index in [1.807, 2.05) is 0 Å². The Labute approximate surface area is 139 Å². The highest BCUT2D eigenvalue weighted by Crippen LogP contribution is 2.17. The maximum atomic E-state index is 12.7. The van der Waals surface area contributed by atoms with Gasteiger partial charge in [0.1, 0.15) is 17.5 Å². The molecule has 0 N–H and O–H groups in total. The van der Waals surface area contributed by atoms with E-state index in [4.69, 9.17) is 4.74 Å². The third-order valence-corrected chi connectivity index (χ3v) is 4.06. The molecule has 1 unspecified atom stereocenters. The van der Waals surface area contributed by atoms with Gasteiger partial charge in [-0.1, -0.05) is 0 Å². The summed E-state index contributed by atoms with van der Waals surface area (Å²) >= 11 is 0. The zero-order valence-electron chi connectivity index (χ0n) is 13.8. The van der Waals surface area contributed by atoms with Gasteiger partial charge in [-0.15, -0.1) is 0 Å². The van der Waals surface area contributed by atoms with Crippen LogP contribution in [-0.4, -0.2) is 44.5 Å². The predicted octanol–water partition coefficient (Wildman–Crippen LogP) is 1.17. The van der Waals surface area contributed by atoms with Crippen LogP contribution in [0.5, 0.6) is 5.88 Å². The highest BCUT2D eigenvalue weighted by atomic mass is 16.5. The Morgan fingerprint density at radius 2 is 2.21 bits per heavy atom. The van der Waals surface area contributed by atoms with Gasteiger partial charge in [0.25, 0.3) is 11.5 Å². The first-order valence-electron chi connectivity index (χ1n) is 7.96. The summed E-state index contributed by atoms with van der Waals surface area (Å²) in [5, 5.41) is 0. The van der Waals surface area contributed by atoms with E-state index >= 15 is 0 Å². The molecule has 0 aliphatic carbocycles. The van der Waals surface area contributed by atoms with E-state index in [0.717, 1.165) is 12.8 Å². The van der Waals surface area contributed by atoms with Crippen LogP contribution in [-0.2, 0) is 7.05 Å². The number of nitrogens with zero attached hydrogens (tertiary/aromatic N) is 4. The SMILES string of the molecule is Cc1nccc(OC2CCCN(C(=O)c3cccn(C)c3=O)C2)n1. The smallest absolute Gasteiger partial charge is 0.263 e. The number of carbonyl (C=O) groups is 1. The maximum absolute atomic E-state index is 12.7. The maximum Gasteiger partial charge on any atom is 0.263 e. The highest BCUT2D eigenvalue weighted by Gasteiger charge is 2.27. The monoisotopic (exact) mass is 328 g/mol. The molecule has 1 amide bonds. The molecule has 0 saturated carbocycles. The van der Waals surface area contributed by atoms with Gasteiger partial charge in [-0.05, 0) is 31.9 Å². The van der Waals surface area contributed by atoms with Crippen molar-refractivity contribution in [2.45, 2.75) is 25.9 Å². The van der Waals surface area contributed by atoms with Gasteiger partial charge in [0, 0.05) is 32.1 Å². The second-order valence-corrected chi connectivity index (χ2v) is 5.91. The standard InChI is InChI=1S/C17H20N4O3/c1-12-18-8-7-15(19-12)24-13-5-3-10-21(11-13)17(23)14-6-4-9-20(2)16(14)22/h4,6-9,13H,3,5,10-11H2,1-2H3. The Morgan fingerprint density at radius 1 is 1.38 bits per heavy atom. The van der Waals surface area contributed by atoms with Crippen LogP contribution >= 0.6 is 0 Å². The summed E-state index contributed by atoms with van der Waals surface area (Å²) in [6, 6.07) is 4.99. The molecule has 0 spiro atoms. The Bertz CT molecular complexity index is 802. The minimum Gasteiger partial charge on any atom is -0.472 e. The van der Waals surface area contributed by atoms with Gasteiger partial charge in [-0.3, -0.25) is 9.59 Å². The molecule has 1 aliphatic heterocycles. The van der Waals surface area contributed by atoms with Crippen LogP contribution in [0.15, 0.2) is 35.4 Å². The fourth-order valence-electron chi connectivity index (χ4n) is 2.82. The average Bonchev–Trinajstić information content (AvgIpc) is 2.57. The molecular formula is C17H20N4O3. The lowest BCUT2D eigenvalue weighted by atomic mass is 10.1. The number of likely N-dealkylation sites (tertiary alicyclic amines) is 1. The van der Waals surface area contributed by atoms with Crippen LogP contribution in [0.25, 0.3) is 0 Å². The van der Waals surface area contributed by atoms with Crippen LogP contribution in [0.3, 0.4) is 0 Å². The molecule has 0 aromatic carbocycles. The predicted molar refractivity (Wildman–Crippen MR) is 88.0 cm³/mol. The van der Waals surface area contributed by atoms with Crippen molar-refractivity contribution >= 4 is 5.91 Å². The summed E-state index contributed by atoms with van der Waals surface area (Å²) in [6.07, 6.45) is 4.83. The number of piperidine rings is 1. The average molecular weight is 328 g/mol. The highest BCUT2D eigenvalue weighted by molar-refractivity contribution is 5.93. The molecule has 1 fully saturated rings. The summed E-state index contributed by atoms with van der Waals surface area (Å²) in [4.78, 5) is 34.7. The summed E-state index contributed by atoms with van der Waals surface area (Å²) in [5.41, 5.74) is -0.0875. The van der Waals surface area contributed by atoms with Crippen molar-refractivity contribution in [1.29, 1.82) is 0 Å². The van der Waals surface area contributed by atoms with Crippen LogP contribution in [0, 0.1) is 6.92 Å². The molecule has 7 nitrogen and oxygen atoms in total. The molecule has 1 atom stereocenters. The summed E-state index contributed by atoms with van der Waals surface area (Å²) in [7, 11) is 1.64. The van der Waals surface area contributed by atoms with Crippen LogP contribution in [0.2, 0.25) is 0 Å². The lowest BCUT2D eigenvalue weighted by molar-refractivity contribution is 0.0525. The molecule has 2 aromatic heterocycles. The Morgan fingerprint density at radius 3 is 3.00 bits per heavy atom. The van der Waals surface area contributed by atoms with Crippen molar-refractivity contribution < 1.29 is 9.53 Å². The van der Waals surface area contributed by atoms with Crippen LogP contribution in [0.4, 0.5) is 0 Å². The minimum absolute atomic E-state index is 0.135. The molecule has 24 heavy (non-hydrogen) atoms. The lowest BCUT2D eigenvalue weighted by Crippen LogP contribution is -2.46. The first-order valence-corrected chi connectivity index (χ1v) is 7.96. The van der Waals surface area contributed by atoms with Gasteiger partial charge >= 0.3 is 0 Å². The zero-order valence-corrected chi connectivity index (χ0v) is 13.8. The van der Waals surface area contributed by atoms with Crippen molar-refractivity contribution in [3.8, 4) is 5.88 Å². The molecule has 0 radical (unpaired) electrons. The minimum atomic E-state index is -0.281. The summed E-state index contributed by atoms with van der Waals surface area (Å²) in [6.45, 7) is 2.87. The lowest BCUT2D eigenvalue weighted by Gasteiger charge is -2.32. The van der Waals surface area contributed by atoms with Gasteiger partial charge in [0.05, 0.1) is 6.54 Å². The van der Waals surface area contributed by atoms with Crippen LogP contribution < -0.4 is 10.3 Å². The van der Waals surface area contributed by atoms with E-state index in [-0.39, 0.29) is 23.1 Å². The van der Waals surface area contributed by atoms with Crippen molar-refractivity contribution in [3.05, 3.63) is 52.3 Å². The van der Waals surface area contributed by atoms with Gasteiger partial charge in [0.15, 0.2) is 0 Å². The fourth-order valence-corrected chi connectivity index (χ4v) is 2.82. The molecular weight excluding hydrogens is 308 g/mol. The second-order valence-electron chi connectivity index (χ2n) is 5.91. The third kappa shape index (κ3) is 3.45. The normalized spacial score (nSPS) is 17.6. The van der Waals surface area contributed by atoms with Crippen molar-refractivity contribution in [3.63, 3.8) is 0 Å². The molecule has 2 aromatic rings. The van der Waals surface area contributed by atoms with E-state index in [0.29, 0.717) is 24.8 Å². The fraction of sp³-hybridized carbons (Fsp3) is 0.412. The molecule has 3 rings (SSSR count). The number of ether oxygens (including phenoxy) is 1. The first-order chi connectivity index (χ1) is 11.5. The molecule has 1 saturated heterocycles. The van der Waals surface area contributed by atoms with Crippen LogP contribution in [0.1, 0.15) is 29.0 Å². The van der Waals surface area contributed by atoms with Crippen molar-refractivity contribution in [2.24, 2.45) is 7.05 Å². The largest absolute Gasteiger partial charge is 0.472 e. The third-order valence-electron chi connectivity index (χ3n) is 4.06. The Hall–Kier alpha value is -2.70. The Kier molecular flexibility index (Phi) is 4.59. The van der Waals surface area contributed by atoms with Gasteiger partial charge in [-0.25, -0.2) is 4.98 Å². The van der Waals surface area contributed by atoms with Gasteiger partial charge in [-0.2, -0.15) is 4.98 Å². The number of aromatic nitrogens is 3. The van der Waals surface area contributed by atoms with E-state index in [9.17, 15) is 9.59 Å². The molecule has 1 aliphatic rings. The van der Waals surface area contributed by atoms with Gasteiger partial charge < -0.3 is 14.2 Å². The van der Waals surface area contributed by atoms with E-state index in [2.05, 4.69) is 9.97 Å². The van der Waals surface area contributed by atoms with E-state index in [1.54, 1.807) is 49.5 Å². The number of carbonyl (C=O) groups excluding carboxylic acids is 1. The van der Waals surface area contributed by atoms with Crippen molar-refractivity contribution in [1.82, 2.24) is 19.4 Å². The summed E-state index contributed by atoms with van der Waals surface area (Å²) < 4.78 is 7.29. The number of aryl methyl sites for hydroxylation is 2. The zero-order chi connectivity index (χ0) is 17.1. The number of pyridine rings is 1. The second kappa shape index (κ2) is 6.82. The summed E-state index contributed by atoms with van der Waals surface area (Å²) in [5.74, 6) is 0.907. The molecule has 3 heterocycles. The first kappa shape index (κ1) is 16.2. The van der Waals surface area contributed by atoms with E-state index in [1.165, 1.54) is 4.57 Å². The topological polar surface area (TPSA) is 77.3 Å². The van der Waals surface area contributed by atoms with E-state index < -0.39 is 0 Å². The number of hydrogen-bond donors (Lipinski definition) is 0. The Balaban J connectivity index is 1.72. The quantitative estimate of drug-likeness (QED) is 0.845. The molecule has 126 valence electrons. The van der Waals surface area contributed by atoms with Crippen molar-refractivity contribution in [2.75, 3.05) is 13.1 Å². The molecule has 7 heteroatoms.